The minimum atomic E-state index is -1.18. The van der Waals surface area contributed by atoms with E-state index in [0.717, 1.165) is 0 Å². The van der Waals surface area contributed by atoms with Gasteiger partial charge >= 0.3 is 5.97 Å². The number of hydrogen-bond donors (Lipinski definition) is 1. The summed E-state index contributed by atoms with van der Waals surface area (Å²) in [6.45, 7) is 1.89. The summed E-state index contributed by atoms with van der Waals surface area (Å²) >= 11 is 0. The number of amides is 1. The zero-order valence-electron chi connectivity index (χ0n) is 17.4. The number of rotatable bonds is 6. The van der Waals surface area contributed by atoms with E-state index >= 15 is 0 Å². The summed E-state index contributed by atoms with van der Waals surface area (Å²) in [7, 11) is 1.53. The smallest absolute Gasteiger partial charge is 0.306 e. The number of ether oxygens (including phenoxy) is 2. The Morgan fingerprint density at radius 3 is 2.65 bits per heavy atom. The molecule has 31 heavy (non-hydrogen) atoms. The van der Waals surface area contributed by atoms with E-state index < -0.39 is 29.3 Å². The Hall–Kier alpha value is -3.42. The predicted octanol–water partition coefficient (Wildman–Crippen LogP) is 3.29. The van der Waals surface area contributed by atoms with E-state index in [-0.39, 0.29) is 30.3 Å². The molecule has 0 radical (unpaired) electrons. The first-order valence-corrected chi connectivity index (χ1v) is 10.3. The molecule has 0 bridgehead atoms. The summed E-state index contributed by atoms with van der Waals surface area (Å²) in [4.78, 5) is 37.7. The molecule has 1 heterocycles. The molecule has 162 valence electrons. The first kappa shape index (κ1) is 20.8. The second kappa shape index (κ2) is 8.02. The standard InChI is InChI=1S/C23H24N2O6/c1-3-31-19(26)11-15-13-23(17-12-16(30-2)9-10-18(17)24-22(23)27)20(21(15)25(28)29)14-7-5-4-6-8-14/h4-10,12,15,20-21H,3,11,13H2,1-2H3,(H,24,27)/t15-,20+,21-,23-/m1/s1. The summed E-state index contributed by atoms with van der Waals surface area (Å²) in [5.41, 5.74) is 0.802. The Morgan fingerprint density at radius 1 is 1.26 bits per heavy atom. The van der Waals surface area contributed by atoms with Gasteiger partial charge in [-0.25, -0.2) is 0 Å². The van der Waals surface area contributed by atoms with Gasteiger partial charge in [-0.2, -0.15) is 0 Å². The van der Waals surface area contributed by atoms with Gasteiger partial charge in [0.1, 0.15) is 5.75 Å². The van der Waals surface area contributed by atoms with Crippen LogP contribution >= 0.6 is 0 Å². The Balaban J connectivity index is 1.91. The minimum Gasteiger partial charge on any atom is -0.497 e. The van der Waals surface area contributed by atoms with E-state index in [9.17, 15) is 19.7 Å². The maximum Gasteiger partial charge on any atom is 0.306 e. The summed E-state index contributed by atoms with van der Waals surface area (Å²) in [5, 5.41) is 15.2. The molecule has 1 fully saturated rings. The maximum absolute atomic E-state index is 13.5. The van der Waals surface area contributed by atoms with Crippen LogP contribution in [0.1, 0.15) is 36.8 Å². The fraction of sp³-hybridized carbons (Fsp3) is 0.391. The number of esters is 1. The molecule has 0 saturated heterocycles. The van der Waals surface area contributed by atoms with Crippen molar-refractivity contribution in [3.8, 4) is 5.75 Å². The molecule has 1 aliphatic heterocycles. The molecule has 1 amide bonds. The van der Waals surface area contributed by atoms with Crippen LogP contribution in [-0.4, -0.2) is 36.6 Å². The molecule has 1 spiro atoms. The van der Waals surface area contributed by atoms with Gasteiger partial charge in [-0.3, -0.25) is 19.7 Å². The summed E-state index contributed by atoms with van der Waals surface area (Å²) in [6.07, 6.45) is 0.0557. The van der Waals surface area contributed by atoms with Crippen LogP contribution in [0.25, 0.3) is 0 Å². The lowest BCUT2D eigenvalue weighted by molar-refractivity contribution is -0.532. The highest BCUT2D eigenvalue weighted by atomic mass is 16.6. The van der Waals surface area contributed by atoms with Crippen LogP contribution in [0.3, 0.4) is 0 Å². The highest BCUT2D eigenvalue weighted by molar-refractivity contribution is 6.07. The Morgan fingerprint density at radius 2 is 2.00 bits per heavy atom. The van der Waals surface area contributed by atoms with Crippen molar-refractivity contribution >= 4 is 17.6 Å². The van der Waals surface area contributed by atoms with Gasteiger partial charge in [0.2, 0.25) is 11.9 Å². The van der Waals surface area contributed by atoms with E-state index in [4.69, 9.17) is 9.47 Å². The Labute approximate surface area is 179 Å². The molecule has 1 saturated carbocycles. The fourth-order valence-electron chi connectivity index (χ4n) is 5.28. The summed E-state index contributed by atoms with van der Waals surface area (Å²) in [6, 6.07) is 13.2. The number of fused-ring (bicyclic) bond motifs is 2. The van der Waals surface area contributed by atoms with Gasteiger partial charge in [0.05, 0.1) is 31.5 Å². The van der Waals surface area contributed by atoms with E-state index in [1.807, 2.05) is 6.07 Å². The van der Waals surface area contributed by atoms with Crippen LogP contribution in [0.5, 0.6) is 5.75 Å². The predicted molar refractivity (Wildman–Crippen MR) is 113 cm³/mol. The van der Waals surface area contributed by atoms with E-state index in [1.165, 1.54) is 7.11 Å². The van der Waals surface area contributed by atoms with Crippen LogP contribution < -0.4 is 10.1 Å². The SMILES string of the molecule is CCOC(=O)C[C@@H]1C[C@]2(C(=O)Nc3ccc(OC)cc32)[C@@H](c2ccccc2)[C@@H]1[N+](=O)[O-]. The van der Waals surface area contributed by atoms with Crippen molar-refractivity contribution in [2.45, 2.75) is 37.1 Å². The number of anilines is 1. The number of nitro groups is 1. The van der Waals surface area contributed by atoms with Crippen molar-refractivity contribution < 1.29 is 24.0 Å². The lowest BCUT2D eigenvalue weighted by atomic mass is 9.69. The topological polar surface area (TPSA) is 108 Å². The van der Waals surface area contributed by atoms with Crippen LogP contribution in [0.15, 0.2) is 48.5 Å². The summed E-state index contributed by atoms with van der Waals surface area (Å²) in [5.74, 6) is -1.61. The molecule has 0 unspecified atom stereocenters. The second-order valence-corrected chi connectivity index (χ2v) is 7.97. The van der Waals surface area contributed by atoms with E-state index in [2.05, 4.69) is 5.32 Å². The Bertz CT molecular complexity index is 1020. The first-order valence-electron chi connectivity index (χ1n) is 10.3. The van der Waals surface area contributed by atoms with Crippen molar-refractivity contribution in [1.29, 1.82) is 0 Å². The van der Waals surface area contributed by atoms with Gasteiger partial charge in [-0.05, 0) is 42.7 Å². The molecule has 2 aliphatic rings. The van der Waals surface area contributed by atoms with Crippen molar-refractivity contribution in [3.05, 3.63) is 69.8 Å². The molecule has 2 aromatic carbocycles. The average molecular weight is 424 g/mol. The Kier molecular flexibility index (Phi) is 5.39. The molecule has 2 aromatic rings. The molecular weight excluding hydrogens is 400 g/mol. The van der Waals surface area contributed by atoms with Crippen LogP contribution in [0, 0.1) is 16.0 Å². The highest BCUT2D eigenvalue weighted by Gasteiger charge is 2.66. The maximum atomic E-state index is 13.5. The molecular formula is C23H24N2O6. The van der Waals surface area contributed by atoms with Crippen molar-refractivity contribution in [2.75, 3.05) is 19.0 Å². The highest BCUT2D eigenvalue weighted by Crippen LogP contribution is 2.60. The number of nitrogens with zero attached hydrogens (tertiary/aromatic N) is 1. The largest absolute Gasteiger partial charge is 0.497 e. The number of benzene rings is 2. The van der Waals surface area contributed by atoms with Gasteiger partial charge in [0, 0.05) is 16.5 Å². The third-order valence-corrected chi connectivity index (χ3v) is 6.44. The molecule has 8 nitrogen and oxygen atoms in total. The van der Waals surface area contributed by atoms with Gasteiger partial charge in [-0.15, -0.1) is 0 Å². The van der Waals surface area contributed by atoms with Crippen molar-refractivity contribution in [2.24, 2.45) is 5.92 Å². The zero-order chi connectivity index (χ0) is 22.2. The van der Waals surface area contributed by atoms with E-state index in [1.54, 1.807) is 49.4 Å². The quantitative estimate of drug-likeness (QED) is 0.433. The molecule has 1 aliphatic carbocycles. The minimum absolute atomic E-state index is 0.114. The van der Waals surface area contributed by atoms with Crippen LogP contribution in [0.4, 0.5) is 5.69 Å². The molecule has 4 atom stereocenters. The van der Waals surface area contributed by atoms with Gasteiger partial charge in [-0.1, -0.05) is 30.3 Å². The zero-order valence-corrected chi connectivity index (χ0v) is 17.4. The number of nitrogens with one attached hydrogen (secondary N) is 1. The molecule has 8 heteroatoms. The summed E-state index contributed by atoms with van der Waals surface area (Å²) < 4.78 is 10.4. The van der Waals surface area contributed by atoms with Crippen LogP contribution in [-0.2, 0) is 19.7 Å². The lowest BCUT2D eigenvalue weighted by Crippen LogP contribution is -2.41. The lowest BCUT2D eigenvalue weighted by Gasteiger charge is -2.30. The number of hydrogen-bond acceptors (Lipinski definition) is 6. The van der Waals surface area contributed by atoms with Gasteiger partial charge in [0.15, 0.2) is 0 Å². The second-order valence-electron chi connectivity index (χ2n) is 7.97. The average Bonchev–Trinajstić information content (AvgIpc) is 3.23. The fourth-order valence-corrected chi connectivity index (χ4v) is 5.28. The number of carbonyl (C=O) groups is 2. The third-order valence-electron chi connectivity index (χ3n) is 6.44. The third kappa shape index (κ3) is 3.32. The van der Waals surface area contributed by atoms with E-state index in [0.29, 0.717) is 22.6 Å². The monoisotopic (exact) mass is 424 g/mol. The van der Waals surface area contributed by atoms with Gasteiger partial charge in [0.25, 0.3) is 0 Å². The molecule has 4 rings (SSSR count). The van der Waals surface area contributed by atoms with Crippen LogP contribution in [0.2, 0.25) is 0 Å². The van der Waals surface area contributed by atoms with Gasteiger partial charge < -0.3 is 14.8 Å². The normalized spacial score (nSPS) is 26.4. The number of carbonyl (C=O) groups excluding carboxylic acids is 2. The molecule has 0 aromatic heterocycles. The number of methoxy groups -OCH3 is 1. The van der Waals surface area contributed by atoms with Crippen molar-refractivity contribution in [1.82, 2.24) is 0 Å². The first-order chi connectivity index (χ1) is 14.9. The van der Waals surface area contributed by atoms with Crippen molar-refractivity contribution in [3.63, 3.8) is 0 Å². The molecule has 1 N–H and O–H groups in total.